The van der Waals surface area contributed by atoms with Gasteiger partial charge in [-0.3, -0.25) is 0 Å². The smallest absolute Gasteiger partial charge is 0.227 e. The number of hydrogen-bond donors (Lipinski definition) is 0. The van der Waals surface area contributed by atoms with Gasteiger partial charge in [0.25, 0.3) is 0 Å². The number of para-hydroxylation sites is 4. The Labute approximate surface area is 331 Å². The second-order valence-electron chi connectivity index (χ2n) is 14.5. The lowest BCUT2D eigenvalue weighted by atomic mass is 10.0. The zero-order valence-electron chi connectivity index (χ0n) is 30.8. The van der Waals surface area contributed by atoms with Crippen LogP contribution < -0.4 is 0 Å². The van der Waals surface area contributed by atoms with E-state index in [4.69, 9.17) is 28.2 Å². The number of nitrogens with zero attached hydrogens (tertiary/aromatic N) is 4. The van der Waals surface area contributed by atoms with Gasteiger partial charge in [-0.1, -0.05) is 84.9 Å². The van der Waals surface area contributed by atoms with Gasteiger partial charge in [0, 0.05) is 33.2 Å². The maximum atomic E-state index is 6.51. The van der Waals surface area contributed by atoms with E-state index in [0.717, 1.165) is 88.6 Å². The van der Waals surface area contributed by atoms with Crippen molar-refractivity contribution < 1.29 is 13.3 Å². The third kappa shape index (κ3) is 5.33. The molecule has 0 N–H and O–H groups in total. The third-order valence-corrected chi connectivity index (χ3v) is 10.9. The van der Waals surface area contributed by atoms with Crippen LogP contribution in [0, 0.1) is 0 Å². The summed E-state index contributed by atoms with van der Waals surface area (Å²) in [4.78, 5) is 14.5. The Morgan fingerprint density at radius 3 is 1.33 bits per heavy atom. The number of oxazole rings is 3. The minimum atomic E-state index is 0.562. The summed E-state index contributed by atoms with van der Waals surface area (Å²) in [6, 6.07) is 62.0. The molecule has 0 atom stereocenters. The Morgan fingerprint density at radius 2 is 0.741 bits per heavy atom. The summed E-state index contributed by atoms with van der Waals surface area (Å²) in [5.41, 5.74) is 15.1. The fraction of sp³-hybridized carbons (Fsp3) is 0. The van der Waals surface area contributed by atoms with Gasteiger partial charge in [0.15, 0.2) is 16.7 Å². The molecule has 12 rings (SSSR count). The summed E-state index contributed by atoms with van der Waals surface area (Å²) in [5.74, 6) is 1.73. The second-order valence-corrected chi connectivity index (χ2v) is 14.5. The first-order chi connectivity index (χ1) is 28.7. The predicted molar refractivity (Wildman–Crippen MR) is 231 cm³/mol. The molecule has 0 spiro atoms. The molecule has 0 bridgehead atoms. The lowest BCUT2D eigenvalue weighted by Gasteiger charge is -2.09. The summed E-state index contributed by atoms with van der Waals surface area (Å²) in [6.07, 6.45) is 0. The maximum absolute atomic E-state index is 6.51. The molecule has 4 aromatic heterocycles. The molecule has 0 saturated carbocycles. The van der Waals surface area contributed by atoms with Gasteiger partial charge in [0.1, 0.15) is 16.6 Å². The predicted octanol–water partition coefficient (Wildman–Crippen LogP) is 13.5. The molecule has 0 aliphatic rings. The van der Waals surface area contributed by atoms with E-state index >= 15 is 0 Å². The number of fused-ring (bicyclic) bond motifs is 6. The van der Waals surface area contributed by atoms with E-state index in [2.05, 4.69) is 126 Å². The number of benzene rings is 8. The van der Waals surface area contributed by atoms with E-state index in [9.17, 15) is 0 Å². The van der Waals surface area contributed by atoms with Crippen molar-refractivity contribution in [1.29, 1.82) is 0 Å². The van der Waals surface area contributed by atoms with Gasteiger partial charge in [0.05, 0.1) is 11.0 Å². The number of aromatic nitrogens is 4. The van der Waals surface area contributed by atoms with Crippen LogP contribution in [-0.4, -0.2) is 19.5 Å². The SMILES string of the molecule is c1ccc(-c2ccc(-c3ccc4nc(-c5ccc6c(c5)c5cc(-c7nc8ccccc8o7)ccc5n6-c5ccc(-c6nc7ccccc7o6)cc5)oc4c3)cc2)cc1. The highest BCUT2D eigenvalue weighted by Gasteiger charge is 2.19. The first-order valence-corrected chi connectivity index (χ1v) is 19.2. The molecule has 12 aromatic rings. The molecule has 58 heavy (non-hydrogen) atoms. The van der Waals surface area contributed by atoms with Crippen molar-refractivity contribution in [2.45, 2.75) is 0 Å². The van der Waals surface area contributed by atoms with Crippen molar-refractivity contribution >= 4 is 55.1 Å². The Morgan fingerprint density at radius 1 is 0.310 bits per heavy atom. The van der Waals surface area contributed by atoms with Gasteiger partial charge in [-0.25, -0.2) is 15.0 Å². The molecule has 7 heteroatoms. The summed E-state index contributed by atoms with van der Waals surface area (Å²) >= 11 is 0. The van der Waals surface area contributed by atoms with Gasteiger partial charge in [0.2, 0.25) is 17.7 Å². The molecule has 8 aromatic carbocycles. The van der Waals surface area contributed by atoms with Gasteiger partial charge in [-0.15, -0.1) is 0 Å². The second kappa shape index (κ2) is 12.8. The molecule has 0 unspecified atom stereocenters. The Hall–Kier alpha value is -8.03. The topological polar surface area (TPSA) is 83.0 Å². The maximum Gasteiger partial charge on any atom is 0.227 e. The Balaban J connectivity index is 0.958. The Kier molecular flexibility index (Phi) is 7.09. The van der Waals surface area contributed by atoms with E-state index < -0.39 is 0 Å². The molecule has 0 saturated heterocycles. The van der Waals surface area contributed by atoms with Crippen LogP contribution in [0.3, 0.4) is 0 Å². The highest BCUT2D eigenvalue weighted by Crippen LogP contribution is 2.39. The largest absolute Gasteiger partial charge is 0.436 e. The van der Waals surface area contributed by atoms with Gasteiger partial charge in [-0.05, 0) is 119 Å². The average molecular weight is 747 g/mol. The van der Waals surface area contributed by atoms with Crippen LogP contribution in [0.15, 0.2) is 195 Å². The molecule has 0 aliphatic heterocycles. The zero-order valence-corrected chi connectivity index (χ0v) is 30.8. The zero-order chi connectivity index (χ0) is 38.2. The molecule has 7 nitrogen and oxygen atoms in total. The van der Waals surface area contributed by atoms with Gasteiger partial charge in [-0.2, -0.15) is 0 Å². The van der Waals surface area contributed by atoms with Crippen molar-refractivity contribution in [2.75, 3.05) is 0 Å². The van der Waals surface area contributed by atoms with E-state index in [1.54, 1.807) is 0 Å². The highest BCUT2D eigenvalue weighted by molar-refractivity contribution is 6.11. The van der Waals surface area contributed by atoms with Crippen LogP contribution in [0.1, 0.15) is 0 Å². The molecule has 272 valence electrons. The third-order valence-electron chi connectivity index (χ3n) is 10.9. The van der Waals surface area contributed by atoms with E-state index in [1.165, 1.54) is 11.1 Å². The van der Waals surface area contributed by atoms with Crippen LogP contribution >= 0.6 is 0 Å². The fourth-order valence-corrected chi connectivity index (χ4v) is 8.03. The lowest BCUT2D eigenvalue weighted by molar-refractivity contribution is 0.619. The van der Waals surface area contributed by atoms with Crippen LogP contribution in [0.5, 0.6) is 0 Å². The summed E-state index contributed by atoms with van der Waals surface area (Å²) in [6.45, 7) is 0. The molecular weight excluding hydrogens is 717 g/mol. The minimum absolute atomic E-state index is 0.562. The van der Waals surface area contributed by atoms with Crippen molar-refractivity contribution in [1.82, 2.24) is 19.5 Å². The van der Waals surface area contributed by atoms with Crippen LogP contribution in [-0.2, 0) is 0 Å². The normalized spacial score (nSPS) is 11.8. The molecule has 4 heterocycles. The van der Waals surface area contributed by atoms with E-state index in [1.807, 2.05) is 60.7 Å². The highest BCUT2D eigenvalue weighted by atomic mass is 16.4. The standard InChI is InChI=1S/C51H30N4O3/c1-2-8-31(9-3-1)32-14-16-33(17-15-32)35-20-25-43-48(30-35)58-51(54-43)37-22-27-45-40(29-37)39-28-36(50-53-42-11-5-7-13-47(42)57-50)21-26-44(39)55(45)38-23-18-34(19-24-38)49-52-41-10-4-6-12-46(41)56-49/h1-30H. The quantitative estimate of drug-likeness (QED) is 0.168. The Bertz CT molecular complexity index is 3430. The van der Waals surface area contributed by atoms with E-state index in [0.29, 0.717) is 17.7 Å². The molecule has 0 fully saturated rings. The summed E-state index contributed by atoms with van der Waals surface area (Å²) in [5, 5.41) is 2.10. The molecular formula is C51H30N4O3. The molecule has 0 radical (unpaired) electrons. The summed E-state index contributed by atoms with van der Waals surface area (Å²) in [7, 11) is 0. The average Bonchev–Trinajstić information content (AvgIpc) is 4.09. The van der Waals surface area contributed by atoms with E-state index in [-0.39, 0.29) is 0 Å². The van der Waals surface area contributed by atoms with Gasteiger partial charge < -0.3 is 17.8 Å². The van der Waals surface area contributed by atoms with Crippen molar-refractivity contribution in [3.8, 4) is 62.3 Å². The minimum Gasteiger partial charge on any atom is -0.436 e. The summed E-state index contributed by atoms with van der Waals surface area (Å²) < 4.78 is 21.1. The number of hydrogen-bond acceptors (Lipinski definition) is 6. The van der Waals surface area contributed by atoms with Crippen molar-refractivity contribution in [3.05, 3.63) is 182 Å². The van der Waals surface area contributed by atoms with Crippen LogP contribution in [0.4, 0.5) is 0 Å². The van der Waals surface area contributed by atoms with Crippen molar-refractivity contribution in [3.63, 3.8) is 0 Å². The first kappa shape index (κ1) is 32.2. The number of rotatable bonds is 6. The monoisotopic (exact) mass is 746 g/mol. The first-order valence-electron chi connectivity index (χ1n) is 19.2. The van der Waals surface area contributed by atoms with Crippen molar-refractivity contribution in [2.24, 2.45) is 0 Å². The fourth-order valence-electron chi connectivity index (χ4n) is 8.03. The molecule has 0 amide bonds. The van der Waals surface area contributed by atoms with Crippen LogP contribution in [0.2, 0.25) is 0 Å². The van der Waals surface area contributed by atoms with Crippen LogP contribution in [0.25, 0.3) is 117 Å². The van der Waals surface area contributed by atoms with Gasteiger partial charge >= 0.3 is 0 Å². The molecule has 0 aliphatic carbocycles. The lowest BCUT2D eigenvalue weighted by Crippen LogP contribution is -1.94.